The molecule has 288 valence electrons. The number of nitrogens with one attached hydrogen (secondary N) is 1. The zero-order chi connectivity index (χ0) is 35.8. The van der Waals surface area contributed by atoms with Crippen LogP contribution >= 0.6 is 7.82 Å². The second kappa shape index (κ2) is 32.4. The van der Waals surface area contributed by atoms with Gasteiger partial charge in [0.15, 0.2) is 0 Å². The topological polar surface area (TPSA) is 105 Å². The smallest absolute Gasteiger partial charge is 0.391 e. The first-order chi connectivity index (χ1) is 23.0. The lowest BCUT2D eigenvalue weighted by atomic mass is 10.0. The molecule has 0 aromatic rings. The molecule has 0 bridgehead atoms. The molecule has 0 saturated carbocycles. The molecule has 3 atom stereocenters. The molecular weight excluding hydrogens is 623 g/mol. The highest BCUT2D eigenvalue weighted by atomic mass is 31.2. The number of nitrogens with zero attached hydrogens (tertiary/aromatic N) is 1. The minimum Gasteiger partial charge on any atom is -0.391 e. The molecule has 0 heterocycles. The molecule has 0 spiro atoms. The SMILES string of the molecule is CCCCCCCCCCCCCCCCCC[C@@H](O)[C@H](COP(=O)(O)OCC[N+](C)(C)C)NC(=O)CCCCCCCCCCCC. The first-order valence-electron chi connectivity index (χ1n) is 20.4. The Hall–Kier alpha value is -0.500. The van der Waals surface area contributed by atoms with Crippen LogP contribution in [0.1, 0.15) is 194 Å². The second-order valence-electron chi connectivity index (χ2n) is 15.4. The zero-order valence-electron chi connectivity index (χ0n) is 32.5. The standard InChI is InChI=1S/C39H81N2O6P/c1-6-8-10-12-14-16-18-19-20-21-22-23-24-26-28-30-32-38(42)37(36-47-48(44,45)46-35-34-41(3,4)5)40-39(43)33-31-29-27-25-17-15-13-11-9-7-2/h37-38,42H,6-36H2,1-5H3,(H-,40,43,44,45)/p+1/t37-,38+/m0/s1. The van der Waals surface area contributed by atoms with Crippen LogP contribution in [-0.4, -0.2) is 73.4 Å². The highest BCUT2D eigenvalue weighted by Gasteiger charge is 2.28. The molecule has 9 heteroatoms. The van der Waals surface area contributed by atoms with Crippen LogP contribution in [0.2, 0.25) is 0 Å². The van der Waals surface area contributed by atoms with Crippen molar-refractivity contribution in [2.75, 3.05) is 40.9 Å². The van der Waals surface area contributed by atoms with Crippen molar-refractivity contribution in [3.63, 3.8) is 0 Å². The Balaban J connectivity index is 4.37. The lowest BCUT2D eigenvalue weighted by Gasteiger charge is -2.26. The van der Waals surface area contributed by atoms with Gasteiger partial charge in [-0.05, 0) is 12.8 Å². The first-order valence-corrected chi connectivity index (χ1v) is 21.9. The lowest BCUT2D eigenvalue weighted by molar-refractivity contribution is -0.870. The van der Waals surface area contributed by atoms with Gasteiger partial charge in [-0.1, -0.05) is 174 Å². The van der Waals surface area contributed by atoms with Crippen LogP contribution in [0.3, 0.4) is 0 Å². The maximum absolute atomic E-state index is 12.8. The average Bonchev–Trinajstić information content (AvgIpc) is 3.02. The van der Waals surface area contributed by atoms with E-state index in [2.05, 4.69) is 19.2 Å². The number of hydrogen-bond acceptors (Lipinski definition) is 5. The van der Waals surface area contributed by atoms with Crippen molar-refractivity contribution >= 4 is 13.7 Å². The van der Waals surface area contributed by atoms with E-state index in [1.165, 1.54) is 128 Å². The van der Waals surface area contributed by atoms with Crippen LogP contribution in [0.4, 0.5) is 0 Å². The van der Waals surface area contributed by atoms with E-state index in [0.717, 1.165) is 38.5 Å². The van der Waals surface area contributed by atoms with Crippen LogP contribution in [0.15, 0.2) is 0 Å². The largest absolute Gasteiger partial charge is 0.472 e. The molecule has 0 aliphatic carbocycles. The number of quaternary nitrogens is 1. The molecule has 0 aromatic heterocycles. The number of phosphoric acid groups is 1. The number of likely N-dealkylation sites (N-methyl/N-ethyl adjacent to an activating group) is 1. The van der Waals surface area contributed by atoms with Gasteiger partial charge >= 0.3 is 7.82 Å². The van der Waals surface area contributed by atoms with E-state index in [1.807, 2.05) is 21.1 Å². The zero-order valence-corrected chi connectivity index (χ0v) is 33.4. The van der Waals surface area contributed by atoms with Crippen molar-refractivity contribution in [3.05, 3.63) is 0 Å². The third kappa shape index (κ3) is 34.0. The van der Waals surface area contributed by atoms with Gasteiger partial charge in [0, 0.05) is 6.42 Å². The summed E-state index contributed by atoms with van der Waals surface area (Å²) in [7, 11) is 1.62. The number of hydrogen-bond donors (Lipinski definition) is 3. The molecule has 0 aliphatic rings. The number of amides is 1. The van der Waals surface area contributed by atoms with Crippen molar-refractivity contribution in [2.24, 2.45) is 0 Å². The van der Waals surface area contributed by atoms with Gasteiger partial charge in [0.25, 0.3) is 0 Å². The van der Waals surface area contributed by atoms with Crippen molar-refractivity contribution in [3.8, 4) is 0 Å². The molecule has 3 N–H and O–H groups in total. The Bertz CT molecular complexity index is 763. The van der Waals surface area contributed by atoms with Crippen LogP contribution in [0.25, 0.3) is 0 Å². The summed E-state index contributed by atoms with van der Waals surface area (Å²) in [6, 6.07) is -0.751. The van der Waals surface area contributed by atoms with Crippen molar-refractivity contribution in [2.45, 2.75) is 206 Å². The number of carbonyl (C=O) groups is 1. The van der Waals surface area contributed by atoms with Gasteiger partial charge in [0.2, 0.25) is 5.91 Å². The van der Waals surface area contributed by atoms with E-state index in [1.54, 1.807) is 0 Å². The molecule has 48 heavy (non-hydrogen) atoms. The van der Waals surface area contributed by atoms with Gasteiger partial charge in [0.05, 0.1) is 39.9 Å². The van der Waals surface area contributed by atoms with Crippen molar-refractivity contribution < 1.29 is 32.9 Å². The Morgan fingerprint density at radius 2 is 1.00 bits per heavy atom. The van der Waals surface area contributed by atoms with Gasteiger partial charge in [-0.15, -0.1) is 0 Å². The van der Waals surface area contributed by atoms with E-state index in [-0.39, 0.29) is 19.1 Å². The summed E-state index contributed by atoms with van der Waals surface area (Å²) in [5.74, 6) is -0.145. The summed E-state index contributed by atoms with van der Waals surface area (Å²) >= 11 is 0. The number of phosphoric ester groups is 1. The minimum absolute atomic E-state index is 0.0782. The highest BCUT2D eigenvalue weighted by Crippen LogP contribution is 2.43. The summed E-state index contributed by atoms with van der Waals surface area (Å²) < 4.78 is 23.5. The number of rotatable bonds is 37. The summed E-state index contributed by atoms with van der Waals surface area (Å²) in [6.45, 7) is 4.88. The molecule has 0 saturated heterocycles. The normalized spacial score (nSPS) is 14.6. The predicted octanol–water partition coefficient (Wildman–Crippen LogP) is 10.6. The average molecular weight is 706 g/mol. The summed E-state index contributed by atoms with van der Waals surface area (Å²) in [5, 5.41) is 13.9. The van der Waals surface area contributed by atoms with E-state index in [0.29, 0.717) is 23.9 Å². The van der Waals surface area contributed by atoms with Gasteiger partial charge in [-0.25, -0.2) is 4.57 Å². The summed E-state index contributed by atoms with van der Waals surface area (Å²) in [5.41, 5.74) is 0. The minimum atomic E-state index is -4.30. The van der Waals surface area contributed by atoms with Crippen LogP contribution in [0, 0.1) is 0 Å². The van der Waals surface area contributed by atoms with Crippen LogP contribution < -0.4 is 5.32 Å². The van der Waals surface area contributed by atoms with Crippen molar-refractivity contribution in [1.29, 1.82) is 0 Å². The Morgan fingerprint density at radius 3 is 1.40 bits per heavy atom. The highest BCUT2D eigenvalue weighted by molar-refractivity contribution is 7.47. The van der Waals surface area contributed by atoms with Crippen LogP contribution in [0.5, 0.6) is 0 Å². The van der Waals surface area contributed by atoms with Gasteiger partial charge in [-0.3, -0.25) is 13.8 Å². The number of aliphatic hydroxyl groups is 1. The molecule has 0 rings (SSSR count). The second-order valence-corrected chi connectivity index (χ2v) is 16.8. The van der Waals surface area contributed by atoms with E-state index < -0.39 is 20.0 Å². The molecule has 8 nitrogen and oxygen atoms in total. The molecule has 0 fully saturated rings. The van der Waals surface area contributed by atoms with E-state index in [4.69, 9.17) is 9.05 Å². The predicted molar refractivity (Wildman–Crippen MR) is 203 cm³/mol. The Kier molecular flexibility index (Phi) is 32.1. The Labute approximate surface area is 298 Å². The lowest BCUT2D eigenvalue weighted by Crippen LogP contribution is -2.46. The van der Waals surface area contributed by atoms with E-state index in [9.17, 15) is 19.4 Å². The van der Waals surface area contributed by atoms with E-state index >= 15 is 0 Å². The van der Waals surface area contributed by atoms with Crippen LogP contribution in [-0.2, 0) is 18.4 Å². The fraction of sp³-hybridized carbons (Fsp3) is 0.974. The molecule has 0 radical (unpaired) electrons. The molecule has 1 unspecified atom stereocenters. The molecule has 0 aliphatic heterocycles. The number of aliphatic hydroxyl groups excluding tert-OH is 1. The molecular formula is C39H82N2O6P+. The van der Waals surface area contributed by atoms with Crippen molar-refractivity contribution in [1.82, 2.24) is 5.32 Å². The van der Waals surface area contributed by atoms with Gasteiger partial charge < -0.3 is 19.8 Å². The molecule has 1 amide bonds. The maximum Gasteiger partial charge on any atom is 0.472 e. The Morgan fingerprint density at radius 1 is 0.625 bits per heavy atom. The fourth-order valence-electron chi connectivity index (χ4n) is 6.05. The maximum atomic E-state index is 12.8. The third-order valence-corrected chi connectivity index (χ3v) is 10.3. The molecule has 0 aromatic carbocycles. The first kappa shape index (κ1) is 47.5. The summed E-state index contributed by atoms with van der Waals surface area (Å²) in [4.78, 5) is 23.0. The fourth-order valence-corrected chi connectivity index (χ4v) is 6.78. The number of carbonyl (C=O) groups excluding carboxylic acids is 1. The third-order valence-electron chi connectivity index (χ3n) is 9.36. The van der Waals surface area contributed by atoms with Gasteiger partial charge in [-0.2, -0.15) is 0 Å². The quantitative estimate of drug-likeness (QED) is 0.0338. The summed E-state index contributed by atoms with van der Waals surface area (Å²) in [6.07, 6.45) is 32.6. The monoisotopic (exact) mass is 706 g/mol. The number of unbranched alkanes of at least 4 members (excludes halogenated alkanes) is 24. The van der Waals surface area contributed by atoms with Gasteiger partial charge in [0.1, 0.15) is 13.2 Å².